The van der Waals surface area contributed by atoms with Gasteiger partial charge in [-0.2, -0.15) is 0 Å². The number of halogens is 1. The highest BCUT2D eigenvalue weighted by Crippen LogP contribution is 2.19. The molecule has 1 aliphatic carbocycles. The fraction of sp³-hybridized carbons (Fsp3) is 0.188. The summed E-state index contributed by atoms with van der Waals surface area (Å²) in [5.74, 6) is -1.32. The molecular weight excluding hydrogens is 285 g/mol. The Kier molecular flexibility index (Phi) is 3.82. The van der Waals surface area contributed by atoms with E-state index in [4.69, 9.17) is 0 Å². The molecule has 112 valence electrons. The molecule has 0 atom stereocenters. The average molecular weight is 299 g/mol. The number of aromatic nitrogens is 1. The molecule has 5 nitrogen and oxygen atoms in total. The van der Waals surface area contributed by atoms with Crippen LogP contribution >= 0.6 is 0 Å². The predicted octanol–water partition coefficient (Wildman–Crippen LogP) is 2.37. The van der Waals surface area contributed by atoms with Crippen LogP contribution in [0.5, 0.6) is 0 Å². The average Bonchev–Trinajstić information content (AvgIpc) is 3.33. The molecule has 2 amide bonds. The van der Waals surface area contributed by atoms with Crippen LogP contribution in [0.15, 0.2) is 42.6 Å². The van der Waals surface area contributed by atoms with E-state index in [1.807, 2.05) is 0 Å². The predicted molar refractivity (Wildman–Crippen MR) is 79.1 cm³/mol. The van der Waals surface area contributed by atoms with E-state index in [0.29, 0.717) is 5.56 Å². The molecule has 2 N–H and O–H groups in total. The summed E-state index contributed by atoms with van der Waals surface area (Å²) in [6.07, 6.45) is 3.35. The number of pyridine rings is 1. The van der Waals surface area contributed by atoms with Gasteiger partial charge >= 0.3 is 0 Å². The van der Waals surface area contributed by atoms with Crippen molar-refractivity contribution >= 4 is 17.5 Å². The molecule has 0 unspecified atom stereocenters. The van der Waals surface area contributed by atoms with Crippen molar-refractivity contribution in [3.63, 3.8) is 0 Å². The molecule has 0 bridgehead atoms. The van der Waals surface area contributed by atoms with Crippen molar-refractivity contribution in [2.24, 2.45) is 0 Å². The van der Waals surface area contributed by atoms with E-state index >= 15 is 0 Å². The Morgan fingerprint density at radius 3 is 2.64 bits per heavy atom. The second-order valence-corrected chi connectivity index (χ2v) is 5.11. The largest absolute Gasteiger partial charge is 0.349 e. The van der Waals surface area contributed by atoms with Gasteiger partial charge in [-0.25, -0.2) is 4.39 Å². The highest BCUT2D eigenvalue weighted by atomic mass is 19.1. The molecule has 6 heteroatoms. The molecular formula is C16H14FN3O2. The summed E-state index contributed by atoms with van der Waals surface area (Å²) in [7, 11) is 0. The van der Waals surface area contributed by atoms with Crippen LogP contribution in [0, 0.1) is 5.82 Å². The van der Waals surface area contributed by atoms with E-state index in [2.05, 4.69) is 15.6 Å². The van der Waals surface area contributed by atoms with Crippen LogP contribution in [0.25, 0.3) is 0 Å². The molecule has 1 aliphatic rings. The molecule has 0 saturated heterocycles. The number of carbonyl (C=O) groups excluding carboxylic acids is 2. The van der Waals surface area contributed by atoms with E-state index in [-0.39, 0.29) is 23.3 Å². The summed E-state index contributed by atoms with van der Waals surface area (Å²) in [6, 6.07) is 9.03. The lowest BCUT2D eigenvalue weighted by Crippen LogP contribution is -2.26. The van der Waals surface area contributed by atoms with Gasteiger partial charge in [-0.3, -0.25) is 14.6 Å². The van der Waals surface area contributed by atoms with Gasteiger partial charge in [0.05, 0.1) is 5.69 Å². The number of hydrogen-bond acceptors (Lipinski definition) is 3. The summed E-state index contributed by atoms with van der Waals surface area (Å²) < 4.78 is 13.5. The third-order valence-corrected chi connectivity index (χ3v) is 3.29. The van der Waals surface area contributed by atoms with E-state index in [1.165, 1.54) is 36.5 Å². The van der Waals surface area contributed by atoms with Crippen LogP contribution in [0.1, 0.15) is 33.7 Å². The molecule has 0 spiro atoms. The minimum absolute atomic E-state index is 0.0618. The van der Waals surface area contributed by atoms with E-state index in [9.17, 15) is 14.0 Å². The van der Waals surface area contributed by atoms with Crippen molar-refractivity contribution in [1.29, 1.82) is 0 Å². The normalized spacial score (nSPS) is 13.5. The van der Waals surface area contributed by atoms with E-state index in [0.717, 1.165) is 12.8 Å². The SMILES string of the molecule is O=C(NC1CC1)c1ccnc(C(=O)Nc2ccccc2F)c1. The zero-order valence-electron chi connectivity index (χ0n) is 11.7. The lowest BCUT2D eigenvalue weighted by molar-refractivity contribution is 0.0951. The fourth-order valence-corrected chi connectivity index (χ4v) is 1.94. The second kappa shape index (κ2) is 5.93. The number of nitrogens with zero attached hydrogens (tertiary/aromatic N) is 1. The molecule has 0 aliphatic heterocycles. The second-order valence-electron chi connectivity index (χ2n) is 5.11. The summed E-state index contributed by atoms with van der Waals surface area (Å²) in [5, 5.41) is 5.27. The molecule has 1 fully saturated rings. The van der Waals surface area contributed by atoms with Crippen molar-refractivity contribution in [3.05, 3.63) is 59.7 Å². The molecule has 1 saturated carbocycles. The standard InChI is InChI=1S/C16H14FN3O2/c17-12-3-1-2-4-13(12)20-16(22)14-9-10(7-8-18-14)15(21)19-11-5-6-11/h1-4,7-9,11H,5-6H2,(H,19,21)(H,20,22). The highest BCUT2D eigenvalue weighted by molar-refractivity contribution is 6.04. The first-order chi connectivity index (χ1) is 10.6. The Morgan fingerprint density at radius 1 is 1.14 bits per heavy atom. The first-order valence-electron chi connectivity index (χ1n) is 6.96. The van der Waals surface area contributed by atoms with Crippen LogP contribution < -0.4 is 10.6 Å². The summed E-state index contributed by atoms with van der Waals surface area (Å²) >= 11 is 0. The molecule has 3 rings (SSSR count). The van der Waals surface area contributed by atoms with Gasteiger partial charge < -0.3 is 10.6 Å². The lowest BCUT2D eigenvalue weighted by Gasteiger charge is -2.07. The summed E-state index contributed by atoms with van der Waals surface area (Å²) in [4.78, 5) is 28.0. The van der Waals surface area contributed by atoms with Crippen LogP contribution in [0.3, 0.4) is 0 Å². The van der Waals surface area contributed by atoms with Gasteiger partial charge in [-0.1, -0.05) is 12.1 Å². The van der Waals surface area contributed by atoms with E-state index < -0.39 is 11.7 Å². The van der Waals surface area contributed by atoms with Gasteiger partial charge in [0, 0.05) is 17.8 Å². The monoisotopic (exact) mass is 299 g/mol. The quantitative estimate of drug-likeness (QED) is 0.910. The zero-order chi connectivity index (χ0) is 15.5. The minimum atomic E-state index is -0.564. The topological polar surface area (TPSA) is 71.1 Å². The smallest absolute Gasteiger partial charge is 0.274 e. The van der Waals surface area contributed by atoms with Crippen molar-refractivity contribution in [3.8, 4) is 0 Å². The van der Waals surface area contributed by atoms with Crippen molar-refractivity contribution in [2.45, 2.75) is 18.9 Å². The zero-order valence-corrected chi connectivity index (χ0v) is 11.7. The third kappa shape index (κ3) is 3.28. The van der Waals surface area contributed by atoms with Crippen LogP contribution in [-0.2, 0) is 0 Å². The number of carbonyl (C=O) groups is 2. The Morgan fingerprint density at radius 2 is 1.91 bits per heavy atom. The maximum atomic E-state index is 13.5. The van der Waals surface area contributed by atoms with Gasteiger partial charge in [0.15, 0.2) is 0 Å². The molecule has 1 heterocycles. The number of rotatable bonds is 4. The summed E-state index contributed by atoms with van der Waals surface area (Å²) in [5.41, 5.74) is 0.495. The van der Waals surface area contributed by atoms with Crippen molar-refractivity contribution in [2.75, 3.05) is 5.32 Å². The van der Waals surface area contributed by atoms with Gasteiger partial charge in [-0.15, -0.1) is 0 Å². The van der Waals surface area contributed by atoms with Gasteiger partial charge in [0.2, 0.25) is 0 Å². The Bertz CT molecular complexity index is 729. The number of nitrogens with one attached hydrogen (secondary N) is 2. The molecule has 1 aromatic heterocycles. The highest BCUT2D eigenvalue weighted by Gasteiger charge is 2.24. The molecule has 1 aromatic carbocycles. The number of hydrogen-bond donors (Lipinski definition) is 2. The number of amides is 2. The van der Waals surface area contributed by atoms with Crippen molar-refractivity contribution < 1.29 is 14.0 Å². The lowest BCUT2D eigenvalue weighted by atomic mass is 10.2. The van der Waals surface area contributed by atoms with Crippen molar-refractivity contribution in [1.82, 2.24) is 10.3 Å². The Labute approximate surface area is 126 Å². The van der Waals surface area contributed by atoms with Crippen LogP contribution in [0.2, 0.25) is 0 Å². The third-order valence-electron chi connectivity index (χ3n) is 3.29. The van der Waals surface area contributed by atoms with Gasteiger partial charge in [0.1, 0.15) is 11.5 Å². The number of para-hydroxylation sites is 1. The fourth-order valence-electron chi connectivity index (χ4n) is 1.94. The van der Waals surface area contributed by atoms with E-state index in [1.54, 1.807) is 6.07 Å². The number of anilines is 1. The maximum Gasteiger partial charge on any atom is 0.274 e. The Balaban J connectivity index is 1.75. The minimum Gasteiger partial charge on any atom is -0.349 e. The first kappa shape index (κ1) is 14.2. The van der Waals surface area contributed by atoms with Crippen LogP contribution in [-0.4, -0.2) is 22.8 Å². The van der Waals surface area contributed by atoms with Crippen LogP contribution in [0.4, 0.5) is 10.1 Å². The Hall–Kier alpha value is -2.76. The summed E-state index contributed by atoms with van der Waals surface area (Å²) in [6.45, 7) is 0. The van der Waals surface area contributed by atoms with Gasteiger partial charge in [-0.05, 0) is 37.1 Å². The van der Waals surface area contributed by atoms with Gasteiger partial charge in [0.25, 0.3) is 11.8 Å². The molecule has 0 radical (unpaired) electrons. The number of benzene rings is 1. The molecule has 22 heavy (non-hydrogen) atoms. The first-order valence-corrected chi connectivity index (χ1v) is 6.96. The maximum absolute atomic E-state index is 13.5. The molecule has 2 aromatic rings.